The predicted octanol–water partition coefficient (Wildman–Crippen LogP) is 2.54. The second-order valence-electron chi connectivity index (χ2n) is 6.29. The number of hydrogen-bond acceptors (Lipinski definition) is 6. The van der Waals surface area contributed by atoms with E-state index in [-0.39, 0.29) is 0 Å². The van der Waals surface area contributed by atoms with Gasteiger partial charge in [-0.3, -0.25) is 4.90 Å². The lowest BCUT2D eigenvalue weighted by Crippen LogP contribution is -2.20. The van der Waals surface area contributed by atoms with Crippen LogP contribution in [0.1, 0.15) is 59.8 Å². The molecule has 1 saturated heterocycles. The van der Waals surface area contributed by atoms with Crippen molar-refractivity contribution < 1.29 is 9.05 Å². The molecular weight excluding hydrogens is 268 g/mol. The van der Waals surface area contributed by atoms with Crippen LogP contribution >= 0.6 is 0 Å². The van der Waals surface area contributed by atoms with E-state index in [1.54, 1.807) is 0 Å². The molecule has 2 fully saturated rings. The highest BCUT2D eigenvalue weighted by molar-refractivity contribution is 5.21. The van der Waals surface area contributed by atoms with E-state index in [1.165, 1.54) is 18.4 Å². The van der Waals surface area contributed by atoms with Crippen LogP contribution in [0.25, 0.3) is 0 Å². The zero-order chi connectivity index (χ0) is 14.4. The first-order chi connectivity index (χ1) is 10.2. The van der Waals surface area contributed by atoms with Gasteiger partial charge < -0.3 is 9.05 Å². The Bertz CT molecular complexity index is 624. The van der Waals surface area contributed by atoms with Gasteiger partial charge in [0, 0.05) is 24.6 Å². The highest BCUT2D eigenvalue weighted by Gasteiger charge is 2.33. The maximum Gasteiger partial charge on any atom is 0.231 e. The summed E-state index contributed by atoms with van der Waals surface area (Å²) in [6, 6.07) is 0. The van der Waals surface area contributed by atoms with Crippen molar-refractivity contribution in [3.05, 3.63) is 28.7 Å². The SMILES string of the molecule is Cc1noc(C)c1CN1CC[C@H](c2nc(C3CC3)no2)C1. The van der Waals surface area contributed by atoms with E-state index in [2.05, 4.69) is 20.2 Å². The molecule has 1 aliphatic carbocycles. The van der Waals surface area contributed by atoms with Crippen molar-refractivity contribution in [2.24, 2.45) is 0 Å². The van der Waals surface area contributed by atoms with Crippen LogP contribution in [0.15, 0.2) is 9.05 Å². The summed E-state index contributed by atoms with van der Waals surface area (Å²) in [6.07, 6.45) is 3.50. The summed E-state index contributed by atoms with van der Waals surface area (Å²) in [7, 11) is 0. The Morgan fingerprint density at radius 1 is 1.10 bits per heavy atom. The first kappa shape index (κ1) is 13.0. The van der Waals surface area contributed by atoms with Crippen molar-refractivity contribution in [3.63, 3.8) is 0 Å². The lowest BCUT2D eigenvalue weighted by molar-refractivity contribution is 0.306. The molecule has 6 nitrogen and oxygen atoms in total. The summed E-state index contributed by atoms with van der Waals surface area (Å²) in [4.78, 5) is 7.00. The van der Waals surface area contributed by atoms with Gasteiger partial charge in [0.1, 0.15) is 5.76 Å². The Hall–Kier alpha value is -1.69. The molecule has 112 valence electrons. The molecule has 0 bridgehead atoms. The molecule has 0 unspecified atom stereocenters. The van der Waals surface area contributed by atoms with Gasteiger partial charge in [-0.1, -0.05) is 10.3 Å². The van der Waals surface area contributed by atoms with Crippen molar-refractivity contribution in [2.45, 2.75) is 51.5 Å². The molecule has 0 aromatic carbocycles. The third-order valence-electron chi connectivity index (χ3n) is 4.58. The van der Waals surface area contributed by atoms with Gasteiger partial charge in [-0.15, -0.1) is 0 Å². The van der Waals surface area contributed by atoms with Crippen molar-refractivity contribution >= 4 is 0 Å². The molecular formula is C15H20N4O2. The molecule has 0 radical (unpaired) electrons. The minimum absolute atomic E-state index is 0.366. The van der Waals surface area contributed by atoms with E-state index in [0.29, 0.717) is 11.8 Å². The summed E-state index contributed by atoms with van der Waals surface area (Å²) in [5.74, 6) is 3.57. The summed E-state index contributed by atoms with van der Waals surface area (Å²) < 4.78 is 10.7. The first-order valence-corrected chi connectivity index (χ1v) is 7.68. The molecule has 6 heteroatoms. The molecule has 0 spiro atoms. The van der Waals surface area contributed by atoms with Crippen molar-refractivity contribution in [1.82, 2.24) is 20.2 Å². The van der Waals surface area contributed by atoms with Gasteiger partial charge in [0.2, 0.25) is 5.89 Å². The van der Waals surface area contributed by atoms with Crippen LogP contribution < -0.4 is 0 Å². The smallest absolute Gasteiger partial charge is 0.231 e. The second kappa shape index (κ2) is 4.94. The largest absolute Gasteiger partial charge is 0.361 e. The number of aromatic nitrogens is 3. The Balaban J connectivity index is 1.42. The highest BCUT2D eigenvalue weighted by Crippen LogP contribution is 2.39. The fourth-order valence-electron chi connectivity index (χ4n) is 3.05. The average Bonchev–Trinajstić information content (AvgIpc) is 2.91. The van der Waals surface area contributed by atoms with Crippen LogP contribution in [0, 0.1) is 13.8 Å². The van der Waals surface area contributed by atoms with Crippen molar-refractivity contribution in [2.75, 3.05) is 13.1 Å². The highest BCUT2D eigenvalue weighted by atomic mass is 16.5. The third kappa shape index (κ3) is 2.48. The van der Waals surface area contributed by atoms with E-state index in [4.69, 9.17) is 9.05 Å². The third-order valence-corrected chi connectivity index (χ3v) is 4.58. The minimum atomic E-state index is 0.366. The van der Waals surface area contributed by atoms with E-state index in [0.717, 1.165) is 49.2 Å². The predicted molar refractivity (Wildman–Crippen MR) is 74.9 cm³/mol. The zero-order valence-electron chi connectivity index (χ0n) is 12.5. The number of likely N-dealkylation sites (tertiary alicyclic amines) is 1. The monoisotopic (exact) mass is 288 g/mol. The molecule has 2 aromatic rings. The molecule has 21 heavy (non-hydrogen) atoms. The summed E-state index contributed by atoms with van der Waals surface area (Å²) in [6.45, 7) is 6.88. The lowest BCUT2D eigenvalue weighted by Gasteiger charge is -2.14. The van der Waals surface area contributed by atoms with Crippen LogP contribution in [-0.2, 0) is 6.54 Å². The maximum absolute atomic E-state index is 5.46. The number of hydrogen-bond donors (Lipinski definition) is 0. The molecule has 2 aliphatic rings. The van der Waals surface area contributed by atoms with E-state index in [1.807, 2.05) is 13.8 Å². The average molecular weight is 288 g/mol. The summed E-state index contributed by atoms with van der Waals surface area (Å²) in [5, 5.41) is 8.14. The standard InChI is InChI=1S/C15H20N4O2/c1-9-13(10(2)20-17-9)8-19-6-5-12(7-19)15-16-14(18-21-15)11-3-4-11/h11-12H,3-8H2,1-2H3/t12-/m0/s1. The molecule has 1 atom stereocenters. The van der Waals surface area contributed by atoms with E-state index in [9.17, 15) is 0 Å². The van der Waals surface area contributed by atoms with Crippen molar-refractivity contribution in [1.29, 1.82) is 0 Å². The van der Waals surface area contributed by atoms with Gasteiger partial charge in [0.25, 0.3) is 0 Å². The molecule has 4 rings (SSSR count). The van der Waals surface area contributed by atoms with Crippen LogP contribution in [0.5, 0.6) is 0 Å². The Kier molecular flexibility index (Phi) is 3.06. The zero-order valence-corrected chi connectivity index (χ0v) is 12.5. The van der Waals surface area contributed by atoms with Gasteiger partial charge >= 0.3 is 0 Å². The van der Waals surface area contributed by atoms with E-state index < -0.39 is 0 Å². The van der Waals surface area contributed by atoms with Crippen molar-refractivity contribution in [3.8, 4) is 0 Å². The second-order valence-corrected chi connectivity index (χ2v) is 6.29. The topological polar surface area (TPSA) is 68.2 Å². The van der Waals surface area contributed by atoms with Gasteiger partial charge in [0.15, 0.2) is 5.82 Å². The van der Waals surface area contributed by atoms with Crippen LogP contribution in [-0.4, -0.2) is 33.3 Å². The number of aryl methyl sites for hydroxylation is 2. The van der Waals surface area contributed by atoms with Crippen LogP contribution in [0.3, 0.4) is 0 Å². The Morgan fingerprint density at radius 3 is 2.67 bits per heavy atom. The maximum atomic E-state index is 5.46. The summed E-state index contributed by atoms with van der Waals surface area (Å²) in [5.41, 5.74) is 2.20. The van der Waals surface area contributed by atoms with Gasteiger partial charge in [-0.25, -0.2) is 0 Å². The lowest BCUT2D eigenvalue weighted by atomic mass is 10.1. The quantitative estimate of drug-likeness (QED) is 0.861. The minimum Gasteiger partial charge on any atom is -0.361 e. The summed E-state index contributed by atoms with van der Waals surface area (Å²) >= 11 is 0. The molecule has 0 amide bonds. The fourth-order valence-corrected chi connectivity index (χ4v) is 3.05. The van der Waals surface area contributed by atoms with Crippen LogP contribution in [0.2, 0.25) is 0 Å². The van der Waals surface area contributed by atoms with Gasteiger partial charge in [-0.05, 0) is 39.7 Å². The molecule has 0 N–H and O–H groups in total. The number of nitrogens with zero attached hydrogens (tertiary/aromatic N) is 4. The van der Waals surface area contributed by atoms with Crippen LogP contribution in [0.4, 0.5) is 0 Å². The molecule has 1 saturated carbocycles. The molecule has 1 aliphatic heterocycles. The number of rotatable bonds is 4. The normalized spacial score (nSPS) is 23.0. The Morgan fingerprint density at radius 2 is 1.95 bits per heavy atom. The van der Waals surface area contributed by atoms with Gasteiger partial charge in [0.05, 0.1) is 11.6 Å². The van der Waals surface area contributed by atoms with E-state index >= 15 is 0 Å². The molecule has 2 aromatic heterocycles. The Labute approximate surface area is 123 Å². The van der Waals surface area contributed by atoms with Gasteiger partial charge in [-0.2, -0.15) is 4.98 Å². The first-order valence-electron chi connectivity index (χ1n) is 7.68. The fraction of sp³-hybridized carbons (Fsp3) is 0.667. The molecule has 3 heterocycles.